The molecule has 0 radical (unpaired) electrons. The second-order valence-electron chi connectivity index (χ2n) is 5.75. The van der Waals surface area contributed by atoms with Crippen LogP contribution < -0.4 is 10.6 Å². The van der Waals surface area contributed by atoms with E-state index in [1.165, 1.54) is 18.4 Å². The van der Waals surface area contributed by atoms with Crippen LogP contribution in [0.5, 0.6) is 5.75 Å². The van der Waals surface area contributed by atoms with E-state index >= 15 is 0 Å². The summed E-state index contributed by atoms with van der Waals surface area (Å²) in [7, 11) is 0. The molecule has 1 aromatic rings. The van der Waals surface area contributed by atoms with Crippen LogP contribution in [0, 0.1) is 5.92 Å². The number of hydrogen-bond acceptors (Lipinski definition) is 3. The molecule has 110 valence electrons. The molecule has 1 aliphatic rings. The lowest BCUT2D eigenvalue weighted by molar-refractivity contribution is -0.120. The Balaban J connectivity index is 1.59. The van der Waals surface area contributed by atoms with Crippen molar-refractivity contribution in [2.45, 2.75) is 38.6 Å². The largest absolute Gasteiger partial charge is 0.508 e. The maximum Gasteiger partial charge on any atom is 0.234 e. The van der Waals surface area contributed by atoms with Crippen LogP contribution in [0.2, 0.25) is 0 Å². The summed E-state index contributed by atoms with van der Waals surface area (Å²) in [5.74, 6) is 1.16. The Kier molecular flexibility index (Phi) is 5.41. The van der Waals surface area contributed by atoms with Gasteiger partial charge >= 0.3 is 0 Å². The third-order valence-electron chi connectivity index (χ3n) is 3.63. The molecule has 1 unspecified atom stereocenters. The molecular weight excluding hydrogens is 252 g/mol. The van der Waals surface area contributed by atoms with Crippen molar-refractivity contribution in [3.63, 3.8) is 0 Å². The van der Waals surface area contributed by atoms with Gasteiger partial charge in [-0.3, -0.25) is 4.79 Å². The Labute approximate surface area is 120 Å². The minimum absolute atomic E-state index is 0.0730. The lowest BCUT2D eigenvalue weighted by Gasteiger charge is -2.14. The van der Waals surface area contributed by atoms with Crippen LogP contribution in [0.25, 0.3) is 0 Å². The monoisotopic (exact) mass is 276 g/mol. The summed E-state index contributed by atoms with van der Waals surface area (Å²) in [4.78, 5) is 11.7. The summed E-state index contributed by atoms with van der Waals surface area (Å²) in [5.41, 5.74) is 1.18. The standard InChI is InChI=1S/C16H24N2O2/c1-12(2-3-13-6-8-15(19)9-7-13)18-16(20)11-17-10-14-4-5-14/h6-9,12,14,17,19H,2-5,10-11H2,1H3,(H,18,20). The molecule has 1 fully saturated rings. The quantitative estimate of drug-likeness (QED) is 0.679. The van der Waals surface area contributed by atoms with E-state index in [1.54, 1.807) is 12.1 Å². The van der Waals surface area contributed by atoms with Crippen LogP contribution in [0.1, 0.15) is 31.7 Å². The first-order valence-corrected chi connectivity index (χ1v) is 7.41. The molecule has 20 heavy (non-hydrogen) atoms. The number of aryl methyl sites for hydroxylation is 1. The highest BCUT2D eigenvalue weighted by molar-refractivity contribution is 5.78. The Bertz CT molecular complexity index is 427. The number of rotatable bonds is 8. The van der Waals surface area contributed by atoms with E-state index in [9.17, 15) is 9.90 Å². The maximum absolute atomic E-state index is 11.7. The molecule has 0 aliphatic heterocycles. The van der Waals surface area contributed by atoms with Gasteiger partial charge in [-0.2, -0.15) is 0 Å². The second-order valence-corrected chi connectivity index (χ2v) is 5.75. The molecule has 4 heteroatoms. The summed E-state index contributed by atoms with van der Waals surface area (Å²) in [6.45, 7) is 3.41. The molecule has 4 nitrogen and oxygen atoms in total. The van der Waals surface area contributed by atoms with Crippen LogP contribution in [0.15, 0.2) is 24.3 Å². The van der Waals surface area contributed by atoms with Gasteiger partial charge in [-0.05, 0) is 62.8 Å². The zero-order chi connectivity index (χ0) is 14.4. The van der Waals surface area contributed by atoms with Crippen LogP contribution in [0.4, 0.5) is 0 Å². The van der Waals surface area contributed by atoms with Crippen molar-refractivity contribution in [2.24, 2.45) is 5.92 Å². The van der Waals surface area contributed by atoms with E-state index in [0.717, 1.165) is 25.3 Å². The molecule has 1 saturated carbocycles. The number of nitrogens with one attached hydrogen (secondary N) is 2. The average molecular weight is 276 g/mol. The molecule has 3 N–H and O–H groups in total. The zero-order valence-corrected chi connectivity index (χ0v) is 12.1. The maximum atomic E-state index is 11.7. The lowest BCUT2D eigenvalue weighted by Crippen LogP contribution is -2.39. The molecule has 1 aliphatic carbocycles. The number of carbonyl (C=O) groups excluding carboxylic acids is 1. The fraction of sp³-hybridized carbons (Fsp3) is 0.562. The highest BCUT2D eigenvalue weighted by Crippen LogP contribution is 2.27. The minimum atomic E-state index is 0.0730. The van der Waals surface area contributed by atoms with Crippen molar-refractivity contribution in [1.29, 1.82) is 0 Å². The zero-order valence-electron chi connectivity index (χ0n) is 12.1. The predicted octanol–water partition coefficient (Wildman–Crippen LogP) is 1.83. The molecule has 0 spiro atoms. The van der Waals surface area contributed by atoms with Crippen LogP contribution >= 0.6 is 0 Å². The summed E-state index contributed by atoms with van der Waals surface area (Å²) in [6.07, 6.45) is 4.41. The van der Waals surface area contributed by atoms with E-state index in [4.69, 9.17) is 0 Å². The van der Waals surface area contributed by atoms with Gasteiger partial charge in [-0.25, -0.2) is 0 Å². The Morgan fingerprint density at radius 2 is 2.05 bits per heavy atom. The van der Waals surface area contributed by atoms with Gasteiger partial charge in [0.1, 0.15) is 5.75 Å². The number of benzene rings is 1. The molecule has 1 amide bonds. The topological polar surface area (TPSA) is 61.4 Å². The fourth-order valence-corrected chi connectivity index (χ4v) is 2.16. The molecular formula is C16H24N2O2. The van der Waals surface area contributed by atoms with Gasteiger partial charge in [-0.1, -0.05) is 12.1 Å². The number of phenols is 1. The Morgan fingerprint density at radius 1 is 1.35 bits per heavy atom. The van der Waals surface area contributed by atoms with Crippen molar-refractivity contribution in [3.05, 3.63) is 29.8 Å². The Morgan fingerprint density at radius 3 is 2.70 bits per heavy atom. The number of phenolic OH excluding ortho intramolecular Hbond substituents is 1. The van der Waals surface area contributed by atoms with Gasteiger partial charge in [0, 0.05) is 6.04 Å². The van der Waals surface area contributed by atoms with Crippen LogP contribution in [-0.4, -0.2) is 30.1 Å². The molecule has 0 bridgehead atoms. The first kappa shape index (κ1) is 14.9. The molecule has 1 aromatic carbocycles. The first-order valence-electron chi connectivity index (χ1n) is 7.41. The summed E-state index contributed by atoms with van der Waals surface area (Å²) >= 11 is 0. The van der Waals surface area contributed by atoms with E-state index in [2.05, 4.69) is 10.6 Å². The SMILES string of the molecule is CC(CCc1ccc(O)cc1)NC(=O)CNCC1CC1. The second kappa shape index (κ2) is 7.29. The third kappa shape index (κ3) is 5.61. The van der Waals surface area contributed by atoms with E-state index in [1.807, 2.05) is 19.1 Å². The predicted molar refractivity (Wildman–Crippen MR) is 79.6 cm³/mol. The van der Waals surface area contributed by atoms with Gasteiger partial charge in [0.15, 0.2) is 0 Å². The van der Waals surface area contributed by atoms with E-state index in [-0.39, 0.29) is 17.7 Å². The summed E-state index contributed by atoms with van der Waals surface area (Å²) in [5, 5.41) is 15.4. The number of hydrogen-bond donors (Lipinski definition) is 3. The van der Waals surface area contributed by atoms with Gasteiger partial charge in [0.2, 0.25) is 5.91 Å². The fourth-order valence-electron chi connectivity index (χ4n) is 2.16. The van der Waals surface area contributed by atoms with Crippen molar-refractivity contribution in [2.75, 3.05) is 13.1 Å². The molecule has 0 aromatic heterocycles. The van der Waals surface area contributed by atoms with Gasteiger partial charge in [-0.15, -0.1) is 0 Å². The van der Waals surface area contributed by atoms with Crippen molar-refractivity contribution in [1.82, 2.24) is 10.6 Å². The summed E-state index contributed by atoms with van der Waals surface area (Å²) < 4.78 is 0. The highest BCUT2D eigenvalue weighted by Gasteiger charge is 2.20. The molecule has 1 atom stereocenters. The molecule has 2 rings (SSSR count). The molecule has 0 heterocycles. The Hall–Kier alpha value is -1.55. The van der Waals surface area contributed by atoms with Gasteiger partial charge < -0.3 is 15.7 Å². The van der Waals surface area contributed by atoms with Crippen molar-refractivity contribution < 1.29 is 9.90 Å². The van der Waals surface area contributed by atoms with Crippen LogP contribution in [-0.2, 0) is 11.2 Å². The first-order chi connectivity index (χ1) is 9.63. The smallest absolute Gasteiger partial charge is 0.234 e. The minimum Gasteiger partial charge on any atom is -0.508 e. The number of aromatic hydroxyl groups is 1. The third-order valence-corrected chi connectivity index (χ3v) is 3.63. The van der Waals surface area contributed by atoms with Gasteiger partial charge in [0.25, 0.3) is 0 Å². The normalized spacial score (nSPS) is 15.8. The van der Waals surface area contributed by atoms with Gasteiger partial charge in [0.05, 0.1) is 6.54 Å². The number of carbonyl (C=O) groups is 1. The van der Waals surface area contributed by atoms with E-state index in [0.29, 0.717) is 6.54 Å². The van der Waals surface area contributed by atoms with E-state index < -0.39 is 0 Å². The highest BCUT2D eigenvalue weighted by atomic mass is 16.3. The lowest BCUT2D eigenvalue weighted by atomic mass is 10.1. The average Bonchev–Trinajstić information content (AvgIpc) is 3.22. The summed E-state index contributed by atoms with van der Waals surface area (Å²) in [6, 6.07) is 7.39. The number of amides is 1. The van der Waals surface area contributed by atoms with Crippen molar-refractivity contribution in [3.8, 4) is 5.75 Å². The van der Waals surface area contributed by atoms with Crippen LogP contribution in [0.3, 0.4) is 0 Å². The molecule has 0 saturated heterocycles. The van der Waals surface area contributed by atoms with Crippen molar-refractivity contribution >= 4 is 5.91 Å².